The smallest absolute Gasteiger partial charge is 0.253 e. The molecule has 4 heteroatoms. The van der Waals surface area contributed by atoms with E-state index in [0.29, 0.717) is 18.7 Å². The fraction of sp³-hybridized carbons (Fsp3) is 0.533. The summed E-state index contributed by atoms with van der Waals surface area (Å²) in [5.41, 5.74) is 1.39. The topological polar surface area (TPSA) is 49.8 Å². The van der Waals surface area contributed by atoms with Gasteiger partial charge in [0, 0.05) is 19.2 Å². The zero-order valence-electron chi connectivity index (χ0n) is 12.1. The monoisotopic (exact) mass is 265 g/mol. The molecule has 0 aliphatic carbocycles. The van der Waals surface area contributed by atoms with Gasteiger partial charge >= 0.3 is 0 Å². The second kappa shape index (κ2) is 6.68. The number of amides is 1. The summed E-state index contributed by atoms with van der Waals surface area (Å²) in [7, 11) is 1.68. The number of aliphatic hydroxyl groups is 1. The van der Waals surface area contributed by atoms with Crippen LogP contribution in [-0.4, -0.2) is 41.7 Å². The summed E-state index contributed by atoms with van der Waals surface area (Å²) < 4.78 is 5.69. The molecular formula is C15H23NO3. The molecule has 1 amide bonds. The van der Waals surface area contributed by atoms with Crippen LogP contribution in [0.2, 0.25) is 0 Å². The standard InChI is InChI=1S/C15H23NO3/c1-15(2,3)19-11-12-6-5-7-13(10-12)14(18)16(4)8-9-17/h5-7,10,17H,8-9,11H2,1-4H3. The molecule has 0 aromatic heterocycles. The maximum absolute atomic E-state index is 12.1. The van der Waals surface area contributed by atoms with Crippen molar-refractivity contribution in [1.29, 1.82) is 0 Å². The number of rotatable bonds is 5. The highest BCUT2D eigenvalue weighted by Gasteiger charge is 2.13. The molecule has 0 saturated heterocycles. The van der Waals surface area contributed by atoms with E-state index in [9.17, 15) is 4.79 Å². The molecule has 0 radical (unpaired) electrons. The first-order chi connectivity index (χ1) is 8.83. The van der Waals surface area contributed by atoms with Crippen LogP contribution < -0.4 is 0 Å². The fourth-order valence-electron chi connectivity index (χ4n) is 1.57. The van der Waals surface area contributed by atoms with Gasteiger partial charge in [0.2, 0.25) is 0 Å². The van der Waals surface area contributed by atoms with Crippen molar-refractivity contribution in [3.05, 3.63) is 35.4 Å². The highest BCUT2D eigenvalue weighted by atomic mass is 16.5. The number of benzene rings is 1. The normalized spacial score (nSPS) is 11.4. The van der Waals surface area contributed by atoms with Crippen LogP contribution in [0.4, 0.5) is 0 Å². The predicted octanol–water partition coefficient (Wildman–Crippen LogP) is 2.07. The van der Waals surface area contributed by atoms with Gasteiger partial charge in [-0.1, -0.05) is 12.1 Å². The number of nitrogens with zero attached hydrogens (tertiary/aromatic N) is 1. The van der Waals surface area contributed by atoms with E-state index in [4.69, 9.17) is 9.84 Å². The molecule has 0 atom stereocenters. The third-order valence-corrected chi connectivity index (χ3v) is 2.63. The van der Waals surface area contributed by atoms with Crippen LogP contribution in [0, 0.1) is 0 Å². The van der Waals surface area contributed by atoms with Crippen molar-refractivity contribution in [2.24, 2.45) is 0 Å². The van der Waals surface area contributed by atoms with E-state index < -0.39 is 0 Å². The number of likely N-dealkylation sites (N-methyl/N-ethyl adjacent to an activating group) is 1. The van der Waals surface area contributed by atoms with E-state index >= 15 is 0 Å². The lowest BCUT2D eigenvalue weighted by Gasteiger charge is -2.20. The highest BCUT2D eigenvalue weighted by Crippen LogP contribution is 2.14. The molecule has 0 spiro atoms. The van der Waals surface area contributed by atoms with Crippen LogP contribution in [0.5, 0.6) is 0 Å². The van der Waals surface area contributed by atoms with Crippen molar-refractivity contribution in [3.63, 3.8) is 0 Å². The van der Waals surface area contributed by atoms with Gasteiger partial charge in [0.05, 0.1) is 18.8 Å². The molecule has 0 heterocycles. The highest BCUT2D eigenvalue weighted by molar-refractivity contribution is 5.94. The average Bonchev–Trinajstić information content (AvgIpc) is 2.35. The molecular weight excluding hydrogens is 242 g/mol. The second-order valence-electron chi connectivity index (χ2n) is 5.55. The van der Waals surface area contributed by atoms with Gasteiger partial charge in [-0.05, 0) is 38.5 Å². The molecule has 106 valence electrons. The van der Waals surface area contributed by atoms with E-state index in [0.717, 1.165) is 5.56 Å². The van der Waals surface area contributed by atoms with Gasteiger partial charge in [-0.2, -0.15) is 0 Å². The van der Waals surface area contributed by atoms with Gasteiger partial charge in [0.1, 0.15) is 0 Å². The molecule has 4 nitrogen and oxygen atoms in total. The second-order valence-corrected chi connectivity index (χ2v) is 5.55. The predicted molar refractivity (Wildman–Crippen MR) is 75.0 cm³/mol. The van der Waals surface area contributed by atoms with Crippen molar-refractivity contribution in [3.8, 4) is 0 Å². The fourth-order valence-corrected chi connectivity index (χ4v) is 1.57. The Balaban J connectivity index is 2.74. The molecule has 0 aliphatic rings. The summed E-state index contributed by atoms with van der Waals surface area (Å²) in [6.07, 6.45) is 0. The first-order valence-corrected chi connectivity index (χ1v) is 6.43. The van der Waals surface area contributed by atoms with Crippen LogP contribution in [0.3, 0.4) is 0 Å². The van der Waals surface area contributed by atoms with Crippen LogP contribution in [0.1, 0.15) is 36.7 Å². The number of ether oxygens (including phenoxy) is 1. The van der Waals surface area contributed by atoms with Gasteiger partial charge in [-0.3, -0.25) is 4.79 Å². The first-order valence-electron chi connectivity index (χ1n) is 6.43. The number of hydrogen-bond acceptors (Lipinski definition) is 3. The van der Waals surface area contributed by atoms with Crippen molar-refractivity contribution in [1.82, 2.24) is 4.90 Å². The molecule has 1 N–H and O–H groups in total. The number of aliphatic hydroxyl groups excluding tert-OH is 1. The molecule has 1 aromatic rings. The van der Waals surface area contributed by atoms with E-state index in [1.54, 1.807) is 13.1 Å². The van der Waals surface area contributed by atoms with Crippen molar-refractivity contribution in [2.75, 3.05) is 20.2 Å². The lowest BCUT2D eigenvalue weighted by Crippen LogP contribution is -2.29. The largest absolute Gasteiger partial charge is 0.395 e. The summed E-state index contributed by atoms with van der Waals surface area (Å²) in [4.78, 5) is 13.6. The van der Waals surface area contributed by atoms with Crippen LogP contribution in [0.15, 0.2) is 24.3 Å². The Kier molecular flexibility index (Phi) is 5.51. The molecule has 0 aliphatic heterocycles. The number of carbonyl (C=O) groups excluding carboxylic acids is 1. The Hall–Kier alpha value is -1.39. The quantitative estimate of drug-likeness (QED) is 0.886. The molecule has 1 aromatic carbocycles. The minimum Gasteiger partial charge on any atom is -0.395 e. The zero-order valence-corrected chi connectivity index (χ0v) is 12.1. The average molecular weight is 265 g/mol. The van der Waals surface area contributed by atoms with Gasteiger partial charge in [-0.25, -0.2) is 0 Å². The Morgan fingerprint density at radius 3 is 2.63 bits per heavy atom. The maximum atomic E-state index is 12.1. The summed E-state index contributed by atoms with van der Waals surface area (Å²) >= 11 is 0. The van der Waals surface area contributed by atoms with Gasteiger partial charge in [-0.15, -0.1) is 0 Å². The summed E-state index contributed by atoms with van der Waals surface area (Å²) in [5, 5.41) is 8.85. The van der Waals surface area contributed by atoms with Gasteiger partial charge in [0.15, 0.2) is 0 Å². The Bertz CT molecular complexity index is 424. The molecule has 0 unspecified atom stereocenters. The molecule has 0 fully saturated rings. The van der Waals surface area contributed by atoms with Crippen LogP contribution >= 0.6 is 0 Å². The van der Waals surface area contributed by atoms with Crippen molar-refractivity contribution < 1.29 is 14.6 Å². The van der Waals surface area contributed by atoms with Crippen LogP contribution in [-0.2, 0) is 11.3 Å². The van der Waals surface area contributed by atoms with E-state index in [1.807, 2.05) is 39.0 Å². The molecule has 0 saturated carbocycles. The zero-order chi connectivity index (χ0) is 14.5. The van der Waals surface area contributed by atoms with Crippen molar-refractivity contribution >= 4 is 5.91 Å². The number of hydrogen-bond donors (Lipinski definition) is 1. The minimum absolute atomic E-state index is 0.0327. The molecule has 1 rings (SSSR count). The molecule has 19 heavy (non-hydrogen) atoms. The van der Waals surface area contributed by atoms with Crippen LogP contribution in [0.25, 0.3) is 0 Å². The Morgan fingerprint density at radius 1 is 1.37 bits per heavy atom. The lowest BCUT2D eigenvalue weighted by molar-refractivity contribution is -0.0149. The van der Waals surface area contributed by atoms with Gasteiger partial charge < -0.3 is 14.7 Å². The summed E-state index contributed by atoms with van der Waals surface area (Å²) in [6.45, 7) is 6.77. The minimum atomic E-state index is -0.201. The SMILES string of the molecule is CN(CCO)C(=O)c1cccc(COC(C)(C)C)c1. The van der Waals surface area contributed by atoms with E-state index in [2.05, 4.69) is 0 Å². The van der Waals surface area contributed by atoms with Gasteiger partial charge in [0.25, 0.3) is 5.91 Å². The maximum Gasteiger partial charge on any atom is 0.253 e. The van der Waals surface area contributed by atoms with Crippen molar-refractivity contribution in [2.45, 2.75) is 33.0 Å². The Labute approximate surface area is 115 Å². The Morgan fingerprint density at radius 2 is 2.05 bits per heavy atom. The third kappa shape index (κ3) is 5.41. The van der Waals surface area contributed by atoms with E-state index in [1.165, 1.54) is 4.90 Å². The van der Waals surface area contributed by atoms with E-state index in [-0.39, 0.29) is 18.1 Å². The number of carbonyl (C=O) groups is 1. The first kappa shape index (κ1) is 15.7. The summed E-state index contributed by atoms with van der Waals surface area (Å²) in [6, 6.07) is 7.40. The lowest BCUT2D eigenvalue weighted by atomic mass is 10.1. The summed E-state index contributed by atoms with van der Waals surface area (Å²) in [5.74, 6) is -0.0911. The molecule has 0 bridgehead atoms. The third-order valence-electron chi connectivity index (χ3n) is 2.63.